The second-order valence-corrected chi connectivity index (χ2v) is 6.21. The molecule has 0 atom stereocenters. The molecule has 1 aliphatic rings. The van der Waals surface area contributed by atoms with Gasteiger partial charge in [0.15, 0.2) is 0 Å². The van der Waals surface area contributed by atoms with Crippen LogP contribution in [0.1, 0.15) is 32.3 Å². The van der Waals surface area contributed by atoms with E-state index in [4.69, 9.17) is 0 Å². The Labute approximate surface area is 140 Å². The number of benzene rings is 1. The van der Waals surface area contributed by atoms with Crippen LogP contribution < -0.4 is 0 Å². The average molecular weight is 331 g/mol. The van der Waals surface area contributed by atoms with Crippen LogP contribution in [-0.4, -0.2) is 51.1 Å². The number of carbonyl (C=O) groups is 3. The second-order valence-electron chi connectivity index (χ2n) is 6.21. The number of aliphatic carboxylic acids is 1. The Morgan fingerprint density at radius 1 is 1.25 bits per heavy atom. The highest BCUT2D eigenvalue weighted by molar-refractivity contribution is 6.39. The largest absolute Gasteiger partial charge is 0.480 e. The minimum atomic E-state index is -1.36. The molecule has 0 fully saturated rings. The molecule has 128 valence electrons. The van der Waals surface area contributed by atoms with E-state index in [0.29, 0.717) is 0 Å². The van der Waals surface area contributed by atoms with Gasteiger partial charge >= 0.3 is 5.97 Å². The summed E-state index contributed by atoms with van der Waals surface area (Å²) < 4.78 is 0. The van der Waals surface area contributed by atoms with Crippen molar-refractivity contribution in [3.05, 3.63) is 35.9 Å². The summed E-state index contributed by atoms with van der Waals surface area (Å²) in [6.07, 6.45) is 0.391. The first-order chi connectivity index (χ1) is 11.2. The Hall–Kier alpha value is -2.70. The molecule has 0 aromatic heterocycles. The third-order valence-corrected chi connectivity index (χ3v) is 4.19. The Morgan fingerprint density at radius 3 is 2.46 bits per heavy atom. The number of carboxylic acids is 1. The van der Waals surface area contributed by atoms with Crippen LogP contribution >= 0.6 is 0 Å². The average Bonchev–Trinajstić information content (AvgIpc) is 2.56. The Morgan fingerprint density at radius 2 is 1.88 bits per heavy atom. The van der Waals surface area contributed by atoms with E-state index in [0.717, 1.165) is 10.5 Å². The highest BCUT2D eigenvalue weighted by atomic mass is 16.4. The van der Waals surface area contributed by atoms with Gasteiger partial charge in [-0.3, -0.25) is 9.59 Å². The van der Waals surface area contributed by atoms with Crippen molar-refractivity contribution in [1.29, 1.82) is 0 Å². The molecule has 0 aliphatic carbocycles. The predicted octanol–water partition coefficient (Wildman–Crippen LogP) is 1.49. The van der Waals surface area contributed by atoms with Gasteiger partial charge in [-0.15, -0.1) is 0 Å². The van der Waals surface area contributed by atoms with Crippen LogP contribution in [0.3, 0.4) is 0 Å². The van der Waals surface area contributed by atoms with E-state index in [1.54, 1.807) is 0 Å². The predicted molar refractivity (Wildman–Crippen MR) is 88.1 cm³/mol. The zero-order valence-electron chi connectivity index (χ0n) is 14.0. The van der Waals surface area contributed by atoms with Crippen LogP contribution in [0.25, 0.3) is 0 Å². The van der Waals surface area contributed by atoms with Gasteiger partial charge in [-0.1, -0.05) is 30.3 Å². The molecular weight excluding hydrogens is 310 g/mol. The van der Waals surface area contributed by atoms with E-state index >= 15 is 0 Å². The van der Waals surface area contributed by atoms with Crippen molar-refractivity contribution < 1.29 is 19.5 Å². The lowest BCUT2D eigenvalue weighted by atomic mass is 10.0. The summed E-state index contributed by atoms with van der Waals surface area (Å²) in [7, 11) is 1.43. The maximum absolute atomic E-state index is 12.5. The summed E-state index contributed by atoms with van der Waals surface area (Å²) in [6, 6.07) is 9.35. The minimum absolute atomic E-state index is 0.157. The zero-order valence-corrected chi connectivity index (χ0v) is 14.0. The van der Waals surface area contributed by atoms with Gasteiger partial charge in [-0.05, 0) is 19.4 Å². The summed E-state index contributed by atoms with van der Waals surface area (Å²) in [5.74, 6) is -1.74. The fraction of sp³-hybridized carbons (Fsp3) is 0.412. The SMILES string of the molecule is CN(C(=O)C1=NN(Cc2ccccc2)C(=O)CC1)C(C)(C)C(=O)O. The number of carbonyl (C=O) groups excluding carboxylic acids is 2. The minimum Gasteiger partial charge on any atom is -0.480 e. The first-order valence-electron chi connectivity index (χ1n) is 7.67. The van der Waals surface area contributed by atoms with E-state index in [-0.39, 0.29) is 31.0 Å². The van der Waals surface area contributed by atoms with Gasteiger partial charge in [0, 0.05) is 19.9 Å². The van der Waals surface area contributed by atoms with Gasteiger partial charge in [0.2, 0.25) is 5.91 Å². The number of hydrogen-bond acceptors (Lipinski definition) is 4. The van der Waals surface area contributed by atoms with Crippen molar-refractivity contribution in [3.8, 4) is 0 Å². The molecule has 1 aromatic carbocycles. The molecular formula is C17H21N3O4. The van der Waals surface area contributed by atoms with Gasteiger partial charge in [0.25, 0.3) is 5.91 Å². The molecule has 0 spiro atoms. The van der Waals surface area contributed by atoms with Gasteiger partial charge in [0.05, 0.1) is 6.54 Å². The zero-order chi connectivity index (χ0) is 17.9. The molecule has 0 saturated carbocycles. The quantitative estimate of drug-likeness (QED) is 0.885. The van der Waals surface area contributed by atoms with Crippen LogP contribution in [0.5, 0.6) is 0 Å². The van der Waals surface area contributed by atoms with Gasteiger partial charge in [-0.2, -0.15) is 5.10 Å². The van der Waals surface area contributed by atoms with Crippen LogP contribution in [0.4, 0.5) is 0 Å². The van der Waals surface area contributed by atoms with Gasteiger partial charge < -0.3 is 10.0 Å². The number of likely N-dealkylation sites (N-methyl/N-ethyl adjacent to an activating group) is 1. The standard InChI is InChI=1S/C17H21N3O4/c1-17(2,16(23)24)19(3)15(22)13-9-10-14(21)20(18-13)11-12-7-5-4-6-8-12/h4-8H,9-11H2,1-3H3,(H,23,24). The molecule has 2 amide bonds. The fourth-order valence-corrected chi connectivity index (χ4v) is 2.23. The van der Waals surface area contributed by atoms with Crippen LogP contribution in [0.15, 0.2) is 35.4 Å². The van der Waals surface area contributed by atoms with Crippen molar-refractivity contribution in [2.45, 2.75) is 38.8 Å². The third kappa shape index (κ3) is 3.61. The van der Waals surface area contributed by atoms with E-state index in [2.05, 4.69) is 5.10 Å². The molecule has 0 bridgehead atoms. The van der Waals surface area contributed by atoms with Crippen molar-refractivity contribution in [2.75, 3.05) is 7.05 Å². The second kappa shape index (κ2) is 6.82. The third-order valence-electron chi connectivity index (χ3n) is 4.19. The summed E-state index contributed by atoms with van der Waals surface area (Å²) in [5.41, 5.74) is -0.254. The summed E-state index contributed by atoms with van der Waals surface area (Å²) in [5, 5.41) is 14.7. The monoisotopic (exact) mass is 331 g/mol. The van der Waals surface area contributed by atoms with E-state index in [1.165, 1.54) is 25.9 Å². The number of hydrogen-bond donors (Lipinski definition) is 1. The fourth-order valence-electron chi connectivity index (χ4n) is 2.23. The number of amides is 2. The van der Waals surface area contributed by atoms with Crippen molar-refractivity contribution in [2.24, 2.45) is 5.10 Å². The number of nitrogens with zero attached hydrogens (tertiary/aromatic N) is 3. The molecule has 0 radical (unpaired) electrons. The highest BCUT2D eigenvalue weighted by Gasteiger charge is 2.38. The number of carboxylic acid groups (broad SMARTS) is 1. The van der Waals surface area contributed by atoms with Gasteiger partial charge in [0.1, 0.15) is 11.3 Å². The summed E-state index contributed by atoms with van der Waals surface area (Å²) in [6.45, 7) is 3.18. The smallest absolute Gasteiger partial charge is 0.329 e. The molecule has 2 rings (SSSR count). The van der Waals surface area contributed by atoms with Crippen molar-refractivity contribution >= 4 is 23.5 Å². The van der Waals surface area contributed by atoms with Crippen LogP contribution in [0, 0.1) is 0 Å². The maximum atomic E-state index is 12.5. The Bertz CT molecular complexity index is 682. The van der Waals surface area contributed by atoms with E-state index in [9.17, 15) is 19.5 Å². The summed E-state index contributed by atoms with van der Waals surface area (Å²) >= 11 is 0. The lowest BCUT2D eigenvalue weighted by molar-refractivity contribution is -0.153. The van der Waals surface area contributed by atoms with Gasteiger partial charge in [-0.25, -0.2) is 9.80 Å². The number of hydrazone groups is 1. The van der Waals surface area contributed by atoms with E-state index in [1.807, 2.05) is 30.3 Å². The number of rotatable bonds is 5. The molecule has 1 aliphatic heterocycles. The van der Waals surface area contributed by atoms with Crippen LogP contribution in [-0.2, 0) is 20.9 Å². The topological polar surface area (TPSA) is 90.3 Å². The lowest BCUT2D eigenvalue weighted by Gasteiger charge is -2.33. The Balaban J connectivity index is 2.20. The highest BCUT2D eigenvalue weighted by Crippen LogP contribution is 2.18. The lowest BCUT2D eigenvalue weighted by Crippen LogP contribution is -2.53. The molecule has 0 saturated heterocycles. The molecule has 7 nitrogen and oxygen atoms in total. The molecule has 1 heterocycles. The normalized spacial score (nSPS) is 15.0. The first-order valence-corrected chi connectivity index (χ1v) is 7.67. The molecule has 1 aromatic rings. The molecule has 24 heavy (non-hydrogen) atoms. The maximum Gasteiger partial charge on any atom is 0.329 e. The van der Waals surface area contributed by atoms with Crippen LogP contribution in [0.2, 0.25) is 0 Å². The first kappa shape index (κ1) is 17.7. The van der Waals surface area contributed by atoms with E-state index < -0.39 is 17.4 Å². The Kier molecular flexibility index (Phi) is 5.02. The molecule has 1 N–H and O–H groups in total. The molecule has 0 unspecified atom stereocenters. The van der Waals surface area contributed by atoms with Crippen molar-refractivity contribution in [3.63, 3.8) is 0 Å². The summed E-state index contributed by atoms with van der Waals surface area (Å²) in [4.78, 5) is 37.0. The van der Waals surface area contributed by atoms with Crippen molar-refractivity contribution in [1.82, 2.24) is 9.91 Å². The molecule has 7 heteroatoms.